The van der Waals surface area contributed by atoms with E-state index in [2.05, 4.69) is 0 Å². The minimum absolute atomic E-state index is 0.175. The number of aromatic nitrogens is 2. The summed E-state index contributed by atoms with van der Waals surface area (Å²) in [6, 6.07) is 22.1. The lowest BCUT2D eigenvalue weighted by Crippen LogP contribution is -2.40. The summed E-state index contributed by atoms with van der Waals surface area (Å²) >= 11 is 1.29. The van der Waals surface area contributed by atoms with Crippen LogP contribution in [0.3, 0.4) is 0 Å². The van der Waals surface area contributed by atoms with E-state index in [1.54, 1.807) is 37.8 Å². The van der Waals surface area contributed by atoms with Gasteiger partial charge in [-0.05, 0) is 36.8 Å². The molecular weight excluding hydrogens is 550 g/mol. The number of ether oxygens (including phenoxy) is 3. The zero-order valence-electron chi connectivity index (χ0n) is 23.7. The van der Waals surface area contributed by atoms with E-state index in [1.807, 2.05) is 84.6 Å². The highest BCUT2D eigenvalue weighted by atomic mass is 32.1. The Morgan fingerprint density at radius 3 is 2.48 bits per heavy atom. The van der Waals surface area contributed by atoms with Crippen molar-refractivity contribution in [2.45, 2.75) is 13.0 Å². The summed E-state index contributed by atoms with van der Waals surface area (Å²) in [6.07, 6.45) is 3.90. The largest absolute Gasteiger partial charge is 0.493 e. The Kier molecular flexibility index (Phi) is 7.26. The number of carbonyl (C=O) groups excluding carboxylic acids is 1. The number of para-hydroxylation sites is 1. The van der Waals surface area contributed by atoms with Crippen LogP contribution < -0.4 is 24.4 Å². The van der Waals surface area contributed by atoms with Crippen molar-refractivity contribution >= 4 is 40.0 Å². The van der Waals surface area contributed by atoms with Gasteiger partial charge >= 0.3 is 5.97 Å². The topological polar surface area (TPSA) is 84.1 Å². The Balaban J connectivity index is 1.67. The van der Waals surface area contributed by atoms with Crippen LogP contribution in [0.4, 0.5) is 0 Å². The van der Waals surface area contributed by atoms with Crippen LogP contribution in [0.5, 0.6) is 11.5 Å². The number of nitrogens with zero attached hydrogens (tertiary/aromatic N) is 3. The minimum Gasteiger partial charge on any atom is -0.493 e. The zero-order chi connectivity index (χ0) is 29.4. The lowest BCUT2D eigenvalue weighted by molar-refractivity contribution is -0.138. The molecule has 3 heterocycles. The predicted molar refractivity (Wildman–Crippen MR) is 164 cm³/mol. The molecule has 0 N–H and O–H groups in total. The number of hydrogen-bond acceptors (Lipinski definition) is 7. The smallest absolute Gasteiger partial charge is 0.338 e. The van der Waals surface area contributed by atoms with Gasteiger partial charge in [-0.1, -0.05) is 65.9 Å². The Bertz CT molecular complexity index is 2040. The van der Waals surface area contributed by atoms with Gasteiger partial charge in [0, 0.05) is 35.3 Å². The van der Waals surface area contributed by atoms with E-state index in [4.69, 9.17) is 19.2 Å². The number of thiazole rings is 1. The third-order valence-electron chi connectivity index (χ3n) is 7.31. The maximum absolute atomic E-state index is 14.2. The first-order valence-electron chi connectivity index (χ1n) is 13.5. The lowest BCUT2D eigenvalue weighted by Gasteiger charge is -2.26. The van der Waals surface area contributed by atoms with Crippen LogP contribution in [0.2, 0.25) is 0 Å². The molecule has 3 aromatic carbocycles. The van der Waals surface area contributed by atoms with Crippen LogP contribution in [0.15, 0.2) is 94.4 Å². The first kappa shape index (κ1) is 27.3. The van der Waals surface area contributed by atoms with Crippen LogP contribution in [-0.4, -0.2) is 35.9 Å². The summed E-state index contributed by atoms with van der Waals surface area (Å²) in [5.41, 5.74) is 3.89. The molecule has 0 fully saturated rings. The summed E-state index contributed by atoms with van der Waals surface area (Å²) in [4.78, 5) is 33.3. The first-order valence-corrected chi connectivity index (χ1v) is 14.3. The van der Waals surface area contributed by atoms with Gasteiger partial charge in [-0.15, -0.1) is 0 Å². The van der Waals surface area contributed by atoms with E-state index in [0.29, 0.717) is 32.1 Å². The standard InChI is InChI=1S/C33H29N3O5S/c1-5-41-32(38)28-29(20-11-7-6-8-12-20)34-33-36(30(28)21-15-16-25(39-3)26(17-21)40-4)31(37)27(42-33)18-22-19-35(2)24-14-10-9-13-23(22)24/h6-19,30H,5H2,1-4H3/b27-18+/t30-/m1/s1. The van der Waals surface area contributed by atoms with Crippen molar-refractivity contribution in [3.05, 3.63) is 121 Å². The summed E-state index contributed by atoms with van der Waals surface area (Å²) in [7, 11) is 5.09. The molecule has 1 atom stereocenters. The maximum Gasteiger partial charge on any atom is 0.338 e. The number of carbonyl (C=O) groups is 1. The molecule has 0 amide bonds. The van der Waals surface area contributed by atoms with E-state index in [9.17, 15) is 9.59 Å². The van der Waals surface area contributed by atoms with Gasteiger partial charge in [0.25, 0.3) is 5.56 Å². The van der Waals surface area contributed by atoms with E-state index < -0.39 is 12.0 Å². The highest BCUT2D eigenvalue weighted by molar-refractivity contribution is 7.07. The molecule has 0 bridgehead atoms. The molecule has 0 saturated carbocycles. The number of methoxy groups -OCH3 is 2. The fraction of sp³-hybridized carbons (Fsp3) is 0.182. The van der Waals surface area contributed by atoms with Gasteiger partial charge in [0.05, 0.1) is 42.7 Å². The molecule has 9 heteroatoms. The third-order valence-corrected chi connectivity index (χ3v) is 8.29. The van der Waals surface area contributed by atoms with Crippen LogP contribution >= 0.6 is 11.3 Å². The van der Waals surface area contributed by atoms with Crippen molar-refractivity contribution in [2.24, 2.45) is 12.0 Å². The van der Waals surface area contributed by atoms with Crippen molar-refractivity contribution in [1.29, 1.82) is 0 Å². The lowest BCUT2D eigenvalue weighted by atomic mass is 9.93. The van der Waals surface area contributed by atoms with E-state index >= 15 is 0 Å². The SMILES string of the molecule is CCOC(=O)C1=C(c2ccccc2)N=c2s/c(=C/c3cn(C)c4ccccc34)c(=O)n2[C@@H]1c1ccc(OC)c(OC)c1. The van der Waals surface area contributed by atoms with Crippen molar-refractivity contribution < 1.29 is 19.0 Å². The van der Waals surface area contributed by atoms with E-state index in [0.717, 1.165) is 22.0 Å². The molecule has 1 aliphatic heterocycles. The molecule has 1 aliphatic rings. The second-order valence-corrected chi connectivity index (χ2v) is 10.8. The molecular formula is C33H29N3O5S. The zero-order valence-corrected chi connectivity index (χ0v) is 24.5. The number of benzene rings is 3. The molecule has 42 heavy (non-hydrogen) atoms. The molecule has 0 spiro atoms. The monoisotopic (exact) mass is 579 g/mol. The average molecular weight is 580 g/mol. The second-order valence-electron chi connectivity index (χ2n) is 9.76. The van der Waals surface area contributed by atoms with Gasteiger partial charge in [-0.25, -0.2) is 9.79 Å². The van der Waals surface area contributed by atoms with E-state index in [1.165, 1.54) is 11.3 Å². The average Bonchev–Trinajstić information content (AvgIpc) is 3.51. The molecule has 0 radical (unpaired) electrons. The molecule has 0 unspecified atom stereocenters. The molecule has 0 saturated heterocycles. The molecule has 212 valence electrons. The summed E-state index contributed by atoms with van der Waals surface area (Å²) in [6.45, 7) is 1.93. The summed E-state index contributed by atoms with van der Waals surface area (Å²) < 4.78 is 20.7. The van der Waals surface area contributed by atoms with Crippen molar-refractivity contribution in [1.82, 2.24) is 9.13 Å². The van der Waals surface area contributed by atoms with Gasteiger partial charge in [-0.3, -0.25) is 9.36 Å². The number of fused-ring (bicyclic) bond motifs is 2. The van der Waals surface area contributed by atoms with Crippen molar-refractivity contribution in [2.75, 3.05) is 20.8 Å². The fourth-order valence-electron chi connectivity index (χ4n) is 5.41. The second kappa shape index (κ2) is 11.2. The van der Waals surface area contributed by atoms with Gasteiger partial charge in [-0.2, -0.15) is 0 Å². The quantitative estimate of drug-likeness (QED) is 0.266. The minimum atomic E-state index is -0.815. The van der Waals surface area contributed by atoms with Gasteiger partial charge < -0.3 is 18.8 Å². The number of hydrogen-bond donors (Lipinski definition) is 0. The predicted octanol–water partition coefficient (Wildman–Crippen LogP) is 4.44. The Morgan fingerprint density at radius 2 is 1.74 bits per heavy atom. The number of esters is 1. The van der Waals surface area contributed by atoms with Crippen molar-refractivity contribution in [3.8, 4) is 11.5 Å². The van der Waals surface area contributed by atoms with E-state index in [-0.39, 0.29) is 17.7 Å². The first-order chi connectivity index (χ1) is 20.4. The Hall–Kier alpha value is -4.89. The van der Waals surface area contributed by atoms with Gasteiger partial charge in [0.15, 0.2) is 16.3 Å². The Labute approximate surface area is 246 Å². The molecule has 8 nitrogen and oxygen atoms in total. The highest BCUT2D eigenvalue weighted by Gasteiger charge is 2.35. The van der Waals surface area contributed by atoms with Crippen LogP contribution in [0, 0.1) is 0 Å². The fourth-order valence-corrected chi connectivity index (χ4v) is 6.40. The summed E-state index contributed by atoms with van der Waals surface area (Å²) in [5.74, 6) is 0.479. The van der Waals surface area contributed by atoms with Gasteiger partial charge in [0.2, 0.25) is 0 Å². The van der Waals surface area contributed by atoms with Crippen molar-refractivity contribution in [3.63, 3.8) is 0 Å². The van der Waals surface area contributed by atoms with Crippen LogP contribution in [0.1, 0.15) is 29.7 Å². The van der Waals surface area contributed by atoms with Crippen LogP contribution in [-0.2, 0) is 16.6 Å². The number of rotatable bonds is 7. The molecule has 0 aliphatic carbocycles. The molecule has 6 rings (SSSR count). The highest BCUT2D eigenvalue weighted by Crippen LogP contribution is 2.38. The number of aryl methyl sites for hydroxylation is 1. The maximum atomic E-state index is 14.2. The normalized spacial score (nSPS) is 15.0. The Morgan fingerprint density at radius 1 is 1.00 bits per heavy atom. The molecule has 5 aromatic rings. The summed E-state index contributed by atoms with van der Waals surface area (Å²) in [5, 5.41) is 1.04. The van der Waals surface area contributed by atoms with Crippen LogP contribution in [0.25, 0.3) is 22.7 Å². The molecule has 2 aromatic heterocycles. The third kappa shape index (κ3) is 4.61. The van der Waals surface area contributed by atoms with Gasteiger partial charge in [0.1, 0.15) is 0 Å².